The third kappa shape index (κ3) is 6.19. The van der Waals surface area contributed by atoms with Crippen molar-refractivity contribution in [2.45, 2.75) is 23.8 Å². The number of amides is 2. The van der Waals surface area contributed by atoms with E-state index in [-0.39, 0.29) is 0 Å². The minimum atomic E-state index is -1.11. The summed E-state index contributed by atoms with van der Waals surface area (Å²) in [6, 6.07) is 14.1. The number of carbonyl (C=O) groups excluding carboxylic acids is 2. The second-order valence-electron chi connectivity index (χ2n) is 6.81. The van der Waals surface area contributed by atoms with Gasteiger partial charge >= 0.3 is 6.09 Å². The molecule has 3 aromatic rings. The van der Waals surface area contributed by atoms with Gasteiger partial charge in [-0.15, -0.1) is 12.6 Å². The van der Waals surface area contributed by atoms with Crippen molar-refractivity contribution >= 4 is 52.9 Å². The number of halogens is 2. The molecule has 3 aromatic carbocycles. The van der Waals surface area contributed by atoms with Crippen molar-refractivity contribution in [1.82, 2.24) is 0 Å². The predicted octanol–water partition coefficient (Wildman–Crippen LogP) is 4.21. The van der Waals surface area contributed by atoms with Crippen LogP contribution in [0.2, 0.25) is 5.02 Å². The van der Waals surface area contributed by atoms with Gasteiger partial charge in [-0.05, 0) is 35.0 Å². The van der Waals surface area contributed by atoms with Gasteiger partial charge in [0.05, 0.1) is 11.6 Å². The summed E-state index contributed by atoms with van der Waals surface area (Å²) < 4.78 is 18.7. The van der Waals surface area contributed by atoms with Crippen molar-refractivity contribution in [2.24, 2.45) is 17.2 Å². The van der Waals surface area contributed by atoms with Gasteiger partial charge in [-0.25, -0.2) is 9.18 Å². The third-order valence-corrected chi connectivity index (χ3v) is 5.27. The van der Waals surface area contributed by atoms with Crippen molar-refractivity contribution in [1.29, 1.82) is 5.41 Å². The molecule has 10 heteroatoms. The lowest BCUT2D eigenvalue weighted by Crippen LogP contribution is -2.39. The summed E-state index contributed by atoms with van der Waals surface area (Å²) in [4.78, 5) is 21.9. The Hall–Kier alpha value is -3.14. The zero-order valence-electron chi connectivity index (χ0n) is 17.0. The molecule has 0 saturated carbocycles. The summed E-state index contributed by atoms with van der Waals surface area (Å²) in [7, 11) is 0. The van der Waals surface area contributed by atoms with Crippen LogP contribution in [-0.4, -0.2) is 23.9 Å². The molecule has 168 valence electrons. The first-order valence-corrected chi connectivity index (χ1v) is 10.1. The summed E-state index contributed by atoms with van der Waals surface area (Å²) in [5, 5.41) is 9.68. The molecule has 2 amide bonds. The van der Waals surface area contributed by atoms with Crippen LogP contribution >= 0.6 is 24.2 Å². The molecule has 0 fully saturated rings. The van der Waals surface area contributed by atoms with Gasteiger partial charge in [0.15, 0.2) is 0 Å². The van der Waals surface area contributed by atoms with Crippen LogP contribution in [0.25, 0.3) is 10.8 Å². The fraction of sp³-hybridized carbons (Fsp3) is 0.136. The number of hydrogen-bond donors (Lipinski definition) is 5. The lowest BCUT2D eigenvalue weighted by molar-refractivity contribution is 0.0997. The molecule has 0 aliphatic heterocycles. The Bertz CT molecular complexity index is 1180. The first-order valence-electron chi connectivity index (χ1n) is 9.29. The summed E-state index contributed by atoms with van der Waals surface area (Å²) in [6.45, 7) is 1.68. The van der Waals surface area contributed by atoms with Crippen LogP contribution in [0.4, 0.5) is 9.18 Å². The van der Waals surface area contributed by atoms with E-state index in [0.717, 1.165) is 5.39 Å². The second kappa shape index (κ2) is 10.9. The Morgan fingerprint density at radius 2 is 1.78 bits per heavy atom. The van der Waals surface area contributed by atoms with E-state index in [4.69, 9.17) is 34.2 Å². The van der Waals surface area contributed by atoms with Crippen molar-refractivity contribution in [3.63, 3.8) is 0 Å². The SMILES string of the molecule is CC(c1c(F)ccc2ccccc12)C(N)C(=N)OC(N)=O.NC(=O)c1cc(Cl)ccc1S. The van der Waals surface area contributed by atoms with Crippen LogP contribution in [0, 0.1) is 11.2 Å². The summed E-state index contributed by atoms with van der Waals surface area (Å²) >= 11 is 9.64. The molecule has 0 bridgehead atoms. The van der Waals surface area contributed by atoms with Gasteiger partial charge < -0.3 is 21.9 Å². The van der Waals surface area contributed by atoms with E-state index < -0.39 is 35.7 Å². The lowest BCUT2D eigenvalue weighted by atomic mass is 9.89. The molecule has 0 aliphatic rings. The van der Waals surface area contributed by atoms with E-state index in [2.05, 4.69) is 17.4 Å². The van der Waals surface area contributed by atoms with E-state index in [1.807, 2.05) is 12.1 Å². The van der Waals surface area contributed by atoms with Crippen LogP contribution < -0.4 is 17.2 Å². The maximum Gasteiger partial charge on any atom is 0.411 e. The fourth-order valence-corrected chi connectivity index (χ4v) is 3.44. The van der Waals surface area contributed by atoms with Crippen molar-refractivity contribution < 1.29 is 18.7 Å². The van der Waals surface area contributed by atoms with Crippen molar-refractivity contribution in [2.75, 3.05) is 0 Å². The fourth-order valence-electron chi connectivity index (χ4n) is 3.02. The number of fused-ring (bicyclic) bond motifs is 1. The molecule has 3 rings (SSSR count). The average molecular weight is 477 g/mol. The van der Waals surface area contributed by atoms with E-state index >= 15 is 0 Å². The summed E-state index contributed by atoms with van der Waals surface area (Å²) in [6.07, 6.45) is -1.11. The summed E-state index contributed by atoms with van der Waals surface area (Å²) in [5.41, 5.74) is 16.5. The molecule has 0 spiro atoms. The Balaban J connectivity index is 0.000000278. The minimum Gasteiger partial charge on any atom is -0.394 e. The smallest absolute Gasteiger partial charge is 0.394 e. The Kier molecular flexibility index (Phi) is 8.59. The highest BCUT2D eigenvalue weighted by atomic mass is 35.5. The van der Waals surface area contributed by atoms with Crippen LogP contribution in [0.3, 0.4) is 0 Å². The third-order valence-electron chi connectivity index (χ3n) is 4.65. The summed E-state index contributed by atoms with van der Waals surface area (Å²) in [5.74, 6) is -1.97. The van der Waals surface area contributed by atoms with Gasteiger partial charge in [0.25, 0.3) is 0 Å². The number of nitrogens with one attached hydrogen (secondary N) is 1. The highest BCUT2D eigenvalue weighted by Crippen LogP contribution is 2.30. The number of primary amides is 2. The monoisotopic (exact) mass is 476 g/mol. The van der Waals surface area contributed by atoms with Crippen LogP contribution in [-0.2, 0) is 4.74 Å². The Morgan fingerprint density at radius 3 is 2.38 bits per heavy atom. The molecule has 0 saturated heterocycles. The van der Waals surface area contributed by atoms with Gasteiger partial charge in [0, 0.05) is 21.4 Å². The van der Waals surface area contributed by atoms with Gasteiger partial charge in [-0.3, -0.25) is 10.2 Å². The second-order valence-corrected chi connectivity index (χ2v) is 7.73. The maximum atomic E-state index is 14.2. The highest BCUT2D eigenvalue weighted by molar-refractivity contribution is 7.80. The molecular weight excluding hydrogens is 455 g/mol. The number of ether oxygens (including phenoxy) is 1. The molecule has 32 heavy (non-hydrogen) atoms. The van der Waals surface area contributed by atoms with E-state index in [1.165, 1.54) is 12.1 Å². The molecule has 2 unspecified atom stereocenters. The molecule has 0 aliphatic carbocycles. The van der Waals surface area contributed by atoms with Gasteiger partial charge in [-0.2, -0.15) is 0 Å². The topological polar surface area (TPSA) is 145 Å². The number of carbonyl (C=O) groups is 2. The average Bonchev–Trinajstić information content (AvgIpc) is 2.74. The van der Waals surface area contributed by atoms with Crippen LogP contribution in [0.5, 0.6) is 0 Å². The molecule has 2 atom stereocenters. The highest BCUT2D eigenvalue weighted by Gasteiger charge is 2.26. The lowest BCUT2D eigenvalue weighted by Gasteiger charge is -2.22. The minimum absolute atomic E-state index is 0.348. The quantitative estimate of drug-likeness (QED) is 0.218. The zero-order valence-corrected chi connectivity index (χ0v) is 18.7. The van der Waals surface area contributed by atoms with Crippen LogP contribution in [0.15, 0.2) is 59.5 Å². The molecule has 0 radical (unpaired) electrons. The standard InChI is InChI=1S/C15H16FN3O2.C7H6ClNOS/c1-8(13(17)14(18)21-15(19)20)12-10-5-3-2-4-9(10)6-7-11(12)16;8-4-1-2-6(11)5(3-4)7(9)10/h2-8,13,18H,17H2,1H3,(H2,19,20);1-3,11H,(H2,9,10). The van der Waals surface area contributed by atoms with Crippen molar-refractivity contribution in [3.8, 4) is 0 Å². The molecule has 0 aromatic heterocycles. The largest absolute Gasteiger partial charge is 0.411 e. The number of rotatable bonds is 4. The number of hydrogen-bond acceptors (Lipinski definition) is 6. The van der Waals surface area contributed by atoms with Gasteiger partial charge in [0.1, 0.15) is 5.82 Å². The molecule has 7 N–H and O–H groups in total. The Labute approximate surface area is 194 Å². The number of nitrogens with two attached hydrogens (primary N) is 3. The van der Waals surface area contributed by atoms with E-state index in [0.29, 0.717) is 26.4 Å². The number of thiol groups is 1. The normalized spacial score (nSPS) is 12.3. The first kappa shape index (κ1) is 25.1. The number of benzene rings is 3. The first-order chi connectivity index (χ1) is 15.0. The van der Waals surface area contributed by atoms with E-state index in [9.17, 15) is 14.0 Å². The van der Waals surface area contributed by atoms with Crippen LogP contribution in [0.1, 0.15) is 28.8 Å². The zero-order chi connectivity index (χ0) is 24.0. The molecule has 0 heterocycles. The van der Waals surface area contributed by atoms with Gasteiger partial charge in [0.2, 0.25) is 11.8 Å². The van der Waals surface area contributed by atoms with Gasteiger partial charge in [-0.1, -0.05) is 48.9 Å². The Morgan fingerprint density at radius 1 is 1.12 bits per heavy atom. The molecular formula is C22H22ClFN4O3S. The van der Waals surface area contributed by atoms with E-state index in [1.54, 1.807) is 37.3 Å². The predicted molar refractivity (Wildman–Crippen MR) is 126 cm³/mol. The van der Waals surface area contributed by atoms with Crippen molar-refractivity contribution in [3.05, 3.63) is 76.6 Å². The molecule has 7 nitrogen and oxygen atoms in total. The maximum absolute atomic E-state index is 14.2.